The highest BCUT2D eigenvalue weighted by Crippen LogP contribution is 2.32. The van der Waals surface area contributed by atoms with Gasteiger partial charge in [-0.15, -0.1) is 0 Å². The molecule has 3 aromatic rings. The van der Waals surface area contributed by atoms with Gasteiger partial charge in [-0.3, -0.25) is 4.68 Å². The van der Waals surface area contributed by atoms with Crippen LogP contribution in [0.3, 0.4) is 0 Å². The topological polar surface area (TPSA) is 54.5 Å². The molecule has 119 valence electrons. The summed E-state index contributed by atoms with van der Waals surface area (Å²) in [4.78, 5) is 3.98. The van der Waals surface area contributed by atoms with Crippen molar-refractivity contribution in [3.05, 3.63) is 89.8 Å². The molecule has 0 aliphatic rings. The highest BCUT2D eigenvalue weighted by molar-refractivity contribution is 6.30. The second-order valence-corrected chi connectivity index (χ2v) is 6.05. The zero-order valence-corrected chi connectivity index (χ0v) is 13.8. The maximum atomic E-state index is 10.00. The van der Waals surface area contributed by atoms with E-state index in [-0.39, 0.29) is 0 Å². The van der Waals surface area contributed by atoms with E-state index in [0.717, 1.165) is 11.1 Å². The minimum Gasteiger partial charge on any atom is -0.251 e. The standard InChI is InChI=1S/C19H16ClN4/c20-18-8-6-16(7-9-18)10-11-19(12-21,13-24-15-22-14-23-24)17-4-2-1-3-5-17/h1-10,14-15H,11,13H2. The van der Waals surface area contributed by atoms with Crippen LogP contribution in [0.1, 0.15) is 17.5 Å². The Hall–Kier alpha value is -2.64. The summed E-state index contributed by atoms with van der Waals surface area (Å²) in [5, 5.41) is 14.9. The summed E-state index contributed by atoms with van der Waals surface area (Å²) in [6.45, 7) is 0.442. The quantitative estimate of drug-likeness (QED) is 0.683. The molecule has 0 saturated heterocycles. The van der Waals surface area contributed by atoms with Gasteiger partial charge in [-0.2, -0.15) is 10.4 Å². The van der Waals surface area contributed by atoms with E-state index in [1.165, 1.54) is 6.33 Å². The van der Waals surface area contributed by atoms with Crippen LogP contribution in [-0.2, 0) is 12.0 Å². The molecule has 0 saturated carbocycles. The predicted molar refractivity (Wildman–Crippen MR) is 93.2 cm³/mol. The number of aromatic nitrogens is 3. The van der Waals surface area contributed by atoms with E-state index in [0.29, 0.717) is 18.0 Å². The zero-order valence-electron chi connectivity index (χ0n) is 13.0. The van der Waals surface area contributed by atoms with Gasteiger partial charge in [-0.1, -0.05) is 54.1 Å². The molecule has 0 amide bonds. The Morgan fingerprint density at radius 2 is 1.88 bits per heavy atom. The van der Waals surface area contributed by atoms with Gasteiger partial charge in [0.05, 0.1) is 12.6 Å². The van der Waals surface area contributed by atoms with Gasteiger partial charge in [0.25, 0.3) is 0 Å². The third-order valence-corrected chi connectivity index (χ3v) is 4.25. The van der Waals surface area contributed by atoms with Gasteiger partial charge in [0, 0.05) is 5.02 Å². The molecule has 1 radical (unpaired) electrons. The van der Waals surface area contributed by atoms with Crippen LogP contribution in [-0.4, -0.2) is 14.8 Å². The van der Waals surface area contributed by atoms with Crippen LogP contribution in [0.15, 0.2) is 67.3 Å². The lowest BCUT2D eigenvalue weighted by Gasteiger charge is -2.27. The van der Waals surface area contributed by atoms with E-state index < -0.39 is 5.41 Å². The molecule has 1 heterocycles. The predicted octanol–water partition coefficient (Wildman–Crippen LogP) is 4.04. The van der Waals surface area contributed by atoms with Crippen LogP contribution in [0.5, 0.6) is 0 Å². The maximum absolute atomic E-state index is 10.00. The molecule has 0 spiro atoms. The van der Waals surface area contributed by atoms with Crippen molar-refractivity contribution in [2.75, 3.05) is 0 Å². The SMILES string of the molecule is N#CC(C[CH]c1ccc(Cl)cc1)(Cn1cncn1)c1ccccc1. The van der Waals surface area contributed by atoms with E-state index >= 15 is 0 Å². The molecule has 2 aromatic carbocycles. The Kier molecular flexibility index (Phi) is 4.93. The Bertz CT molecular complexity index is 807. The van der Waals surface area contributed by atoms with E-state index in [1.54, 1.807) is 11.0 Å². The van der Waals surface area contributed by atoms with Gasteiger partial charge in [0.1, 0.15) is 18.1 Å². The smallest absolute Gasteiger partial charge is 0.137 e. The lowest BCUT2D eigenvalue weighted by Crippen LogP contribution is -2.30. The summed E-state index contributed by atoms with van der Waals surface area (Å²) in [5.74, 6) is 0. The number of hydrogen-bond donors (Lipinski definition) is 0. The minimum atomic E-state index is -0.714. The van der Waals surface area contributed by atoms with Gasteiger partial charge in [-0.05, 0) is 36.1 Å². The molecule has 4 nitrogen and oxygen atoms in total. The highest BCUT2D eigenvalue weighted by atomic mass is 35.5. The van der Waals surface area contributed by atoms with Gasteiger partial charge in [0.15, 0.2) is 0 Å². The molecule has 5 heteroatoms. The van der Waals surface area contributed by atoms with E-state index in [4.69, 9.17) is 11.6 Å². The summed E-state index contributed by atoms with van der Waals surface area (Å²) in [7, 11) is 0. The first kappa shape index (κ1) is 16.2. The lowest BCUT2D eigenvalue weighted by atomic mass is 9.77. The molecule has 1 aromatic heterocycles. The third-order valence-electron chi connectivity index (χ3n) is 4.00. The molecular weight excluding hydrogens is 320 g/mol. The van der Waals surface area contributed by atoms with Crippen molar-refractivity contribution < 1.29 is 0 Å². The molecular formula is C19H16ClN4. The molecule has 0 aliphatic heterocycles. The summed E-state index contributed by atoms with van der Waals surface area (Å²) in [5.41, 5.74) is 1.29. The molecule has 0 aliphatic carbocycles. The molecule has 1 unspecified atom stereocenters. The van der Waals surface area contributed by atoms with Gasteiger partial charge >= 0.3 is 0 Å². The van der Waals surface area contributed by atoms with Crippen molar-refractivity contribution in [2.45, 2.75) is 18.4 Å². The van der Waals surface area contributed by atoms with Crippen molar-refractivity contribution in [3.8, 4) is 6.07 Å². The number of nitrogens with zero attached hydrogens (tertiary/aromatic N) is 4. The van der Waals surface area contributed by atoms with Crippen molar-refractivity contribution in [1.82, 2.24) is 14.8 Å². The van der Waals surface area contributed by atoms with Crippen LogP contribution < -0.4 is 0 Å². The van der Waals surface area contributed by atoms with Crippen molar-refractivity contribution in [1.29, 1.82) is 5.26 Å². The average Bonchev–Trinajstić information content (AvgIpc) is 3.14. The second kappa shape index (κ2) is 7.29. The largest absolute Gasteiger partial charge is 0.251 e. The van der Waals surface area contributed by atoms with Crippen LogP contribution in [0.4, 0.5) is 0 Å². The summed E-state index contributed by atoms with van der Waals surface area (Å²) in [6, 6.07) is 19.9. The fraction of sp³-hybridized carbons (Fsp3) is 0.158. The molecule has 3 rings (SSSR count). The number of rotatable bonds is 6. The average molecular weight is 336 g/mol. The minimum absolute atomic E-state index is 0.442. The third kappa shape index (κ3) is 3.64. The normalized spacial score (nSPS) is 13.2. The first-order valence-electron chi connectivity index (χ1n) is 7.60. The first-order valence-corrected chi connectivity index (χ1v) is 7.98. The van der Waals surface area contributed by atoms with E-state index in [2.05, 4.69) is 22.6 Å². The lowest BCUT2D eigenvalue weighted by molar-refractivity contribution is 0.424. The highest BCUT2D eigenvalue weighted by Gasteiger charge is 2.33. The van der Waals surface area contributed by atoms with Gasteiger partial charge < -0.3 is 0 Å². The van der Waals surface area contributed by atoms with Crippen LogP contribution in [0.2, 0.25) is 5.02 Å². The molecule has 0 N–H and O–H groups in total. The zero-order chi connectivity index (χ0) is 16.8. The Labute approximate surface area is 146 Å². The van der Waals surface area contributed by atoms with Crippen LogP contribution in [0, 0.1) is 17.8 Å². The Morgan fingerprint density at radius 3 is 2.50 bits per heavy atom. The van der Waals surface area contributed by atoms with Crippen molar-refractivity contribution >= 4 is 11.6 Å². The fourth-order valence-corrected chi connectivity index (χ4v) is 2.78. The number of hydrogen-bond acceptors (Lipinski definition) is 3. The van der Waals surface area contributed by atoms with E-state index in [1.807, 2.05) is 54.6 Å². The molecule has 24 heavy (non-hydrogen) atoms. The number of nitriles is 1. The number of benzene rings is 2. The Balaban J connectivity index is 1.89. The molecule has 0 bridgehead atoms. The van der Waals surface area contributed by atoms with Crippen LogP contribution in [0.25, 0.3) is 0 Å². The molecule has 0 fully saturated rings. The summed E-state index contributed by atoms with van der Waals surface area (Å²) >= 11 is 5.93. The number of halogens is 1. The monoisotopic (exact) mass is 335 g/mol. The summed E-state index contributed by atoms with van der Waals surface area (Å²) < 4.78 is 1.70. The second-order valence-electron chi connectivity index (χ2n) is 5.61. The fourth-order valence-electron chi connectivity index (χ4n) is 2.66. The van der Waals surface area contributed by atoms with E-state index in [9.17, 15) is 5.26 Å². The van der Waals surface area contributed by atoms with Crippen molar-refractivity contribution in [3.63, 3.8) is 0 Å². The van der Waals surface area contributed by atoms with Crippen molar-refractivity contribution in [2.24, 2.45) is 0 Å². The van der Waals surface area contributed by atoms with Crippen LogP contribution >= 0.6 is 11.6 Å². The van der Waals surface area contributed by atoms with Gasteiger partial charge in [0.2, 0.25) is 0 Å². The Morgan fingerprint density at radius 1 is 1.12 bits per heavy atom. The first-order chi connectivity index (χ1) is 11.7. The van der Waals surface area contributed by atoms with Gasteiger partial charge in [-0.25, -0.2) is 4.98 Å². The molecule has 1 atom stereocenters. The maximum Gasteiger partial charge on any atom is 0.137 e. The summed E-state index contributed by atoms with van der Waals surface area (Å²) in [6.07, 6.45) is 5.74.